The van der Waals surface area contributed by atoms with Gasteiger partial charge in [-0.05, 0) is 29.7 Å². The lowest BCUT2D eigenvalue weighted by Crippen LogP contribution is -1.93. The highest BCUT2D eigenvalue weighted by Gasteiger charge is 1.92. The first kappa shape index (κ1) is 12.5. The van der Waals surface area contributed by atoms with E-state index < -0.39 is 0 Å². The van der Waals surface area contributed by atoms with Crippen molar-refractivity contribution in [2.75, 3.05) is 10.9 Å². The molecule has 4 N–H and O–H groups in total. The maximum Gasteiger partial charge on any atom is 0.283 e. The number of tetrazole rings is 2. The summed E-state index contributed by atoms with van der Waals surface area (Å²) in [5.74, 6) is 0.671. The average molecular weight is 264 g/mol. The SMILES string of the molecule is C(/CCC/C=N/Nc1nn[nH]n1)=N\Nc1nn[nH]n1. The number of hydrogen-bond donors (Lipinski definition) is 4. The minimum Gasteiger partial charge on any atom is -0.243 e. The molecule has 0 saturated heterocycles. The zero-order chi connectivity index (χ0) is 13.2. The molecule has 2 heterocycles. The molecule has 0 bridgehead atoms. The van der Waals surface area contributed by atoms with E-state index in [1.54, 1.807) is 12.4 Å². The van der Waals surface area contributed by atoms with Gasteiger partial charge in [-0.15, -0.1) is 10.2 Å². The van der Waals surface area contributed by atoms with Crippen LogP contribution in [0.1, 0.15) is 19.3 Å². The van der Waals surface area contributed by atoms with Crippen molar-refractivity contribution < 1.29 is 0 Å². The molecule has 19 heavy (non-hydrogen) atoms. The third-order valence-corrected chi connectivity index (χ3v) is 1.87. The number of unbranched alkanes of at least 4 members (excludes halogenated alkanes) is 2. The molecule has 12 heteroatoms. The first-order valence-electron chi connectivity index (χ1n) is 5.47. The quantitative estimate of drug-likeness (QED) is 0.279. The molecule has 0 amide bonds. The first-order chi connectivity index (χ1) is 9.45. The van der Waals surface area contributed by atoms with Crippen LogP contribution in [0, 0.1) is 0 Å². The highest BCUT2D eigenvalue weighted by molar-refractivity contribution is 5.61. The van der Waals surface area contributed by atoms with Gasteiger partial charge in [0.2, 0.25) is 0 Å². The van der Waals surface area contributed by atoms with E-state index in [4.69, 9.17) is 0 Å². The van der Waals surface area contributed by atoms with Crippen molar-refractivity contribution in [1.29, 1.82) is 0 Å². The van der Waals surface area contributed by atoms with E-state index in [-0.39, 0.29) is 0 Å². The zero-order valence-corrected chi connectivity index (χ0v) is 9.85. The molecule has 0 aliphatic carbocycles. The van der Waals surface area contributed by atoms with Crippen LogP contribution < -0.4 is 10.9 Å². The third kappa shape index (κ3) is 4.84. The number of nitrogens with zero attached hydrogens (tertiary/aromatic N) is 8. The number of aromatic nitrogens is 8. The zero-order valence-electron chi connectivity index (χ0n) is 9.85. The van der Waals surface area contributed by atoms with Gasteiger partial charge in [-0.1, -0.05) is 10.2 Å². The second-order valence-corrected chi connectivity index (χ2v) is 3.25. The Kier molecular flexibility index (Phi) is 4.89. The van der Waals surface area contributed by atoms with E-state index in [2.05, 4.69) is 62.3 Å². The second kappa shape index (κ2) is 7.41. The Morgan fingerprint density at radius 1 is 0.895 bits per heavy atom. The maximum atomic E-state index is 3.92. The fourth-order valence-corrected chi connectivity index (χ4v) is 1.05. The van der Waals surface area contributed by atoms with Crippen LogP contribution in [0.25, 0.3) is 0 Å². The second-order valence-electron chi connectivity index (χ2n) is 3.25. The molecule has 0 aromatic carbocycles. The molecule has 0 atom stereocenters. The summed E-state index contributed by atoms with van der Waals surface area (Å²) >= 11 is 0. The van der Waals surface area contributed by atoms with E-state index in [1.807, 2.05) is 0 Å². The molecular formula is C7H12N12. The van der Waals surface area contributed by atoms with Gasteiger partial charge < -0.3 is 0 Å². The van der Waals surface area contributed by atoms with E-state index in [1.165, 1.54) is 0 Å². The average Bonchev–Trinajstić information content (AvgIpc) is 3.10. The van der Waals surface area contributed by atoms with Crippen molar-refractivity contribution in [2.24, 2.45) is 10.2 Å². The van der Waals surface area contributed by atoms with Gasteiger partial charge in [0.1, 0.15) is 0 Å². The molecule has 0 radical (unpaired) electrons. The van der Waals surface area contributed by atoms with Crippen molar-refractivity contribution in [3.05, 3.63) is 0 Å². The van der Waals surface area contributed by atoms with Crippen molar-refractivity contribution in [2.45, 2.75) is 19.3 Å². The number of hydrazone groups is 2. The van der Waals surface area contributed by atoms with Crippen LogP contribution in [0.15, 0.2) is 10.2 Å². The van der Waals surface area contributed by atoms with Gasteiger partial charge in [0.25, 0.3) is 11.9 Å². The lowest BCUT2D eigenvalue weighted by atomic mass is 10.3. The van der Waals surface area contributed by atoms with Crippen molar-refractivity contribution >= 4 is 24.3 Å². The number of rotatable bonds is 8. The summed E-state index contributed by atoms with van der Waals surface area (Å²) in [7, 11) is 0. The molecule has 2 aromatic rings. The number of nitrogens with one attached hydrogen (secondary N) is 4. The fourth-order valence-electron chi connectivity index (χ4n) is 1.05. The molecule has 2 aromatic heterocycles. The minimum atomic E-state index is 0.335. The summed E-state index contributed by atoms with van der Waals surface area (Å²) in [5, 5.41) is 33.9. The molecule has 2 rings (SSSR count). The van der Waals surface area contributed by atoms with Crippen LogP contribution in [0.4, 0.5) is 11.9 Å². The molecular weight excluding hydrogens is 252 g/mol. The Labute approximate surface area is 107 Å². The molecule has 0 saturated carbocycles. The predicted octanol–water partition coefficient (Wildman–Crippen LogP) is -0.621. The smallest absolute Gasteiger partial charge is 0.243 e. The number of hydrogen-bond acceptors (Lipinski definition) is 10. The van der Waals surface area contributed by atoms with E-state index in [0.29, 0.717) is 11.9 Å². The lowest BCUT2D eigenvalue weighted by Gasteiger charge is -1.92. The van der Waals surface area contributed by atoms with Gasteiger partial charge in [0.05, 0.1) is 0 Å². The Hall–Kier alpha value is -2.92. The maximum absolute atomic E-state index is 3.92. The Balaban J connectivity index is 1.50. The van der Waals surface area contributed by atoms with Crippen LogP contribution in [-0.2, 0) is 0 Å². The summed E-state index contributed by atoms with van der Waals surface area (Å²) in [6, 6.07) is 0. The third-order valence-electron chi connectivity index (χ3n) is 1.87. The van der Waals surface area contributed by atoms with Gasteiger partial charge in [-0.3, -0.25) is 0 Å². The fraction of sp³-hybridized carbons (Fsp3) is 0.429. The Bertz CT molecular complexity index is 438. The topological polar surface area (TPSA) is 158 Å². The van der Waals surface area contributed by atoms with Crippen LogP contribution >= 0.6 is 0 Å². The largest absolute Gasteiger partial charge is 0.283 e. The normalized spacial score (nSPS) is 11.4. The summed E-state index contributed by atoms with van der Waals surface area (Å²) in [6.45, 7) is 0. The van der Waals surface area contributed by atoms with Crippen LogP contribution in [0.3, 0.4) is 0 Å². The van der Waals surface area contributed by atoms with Crippen LogP contribution in [-0.4, -0.2) is 53.7 Å². The van der Waals surface area contributed by atoms with Gasteiger partial charge in [-0.2, -0.15) is 20.6 Å². The predicted molar refractivity (Wildman–Crippen MR) is 66.4 cm³/mol. The molecule has 100 valence electrons. The first-order valence-corrected chi connectivity index (χ1v) is 5.47. The van der Waals surface area contributed by atoms with Gasteiger partial charge in [-0.25, -0.2) is 10.9 Å². The van der Waals surface area contributed by atoms with Crippen molar-refractivity contribution in [1.82, 2.24) is 41.2 Å². The standard InChI is InChI=1S/C7H12N12/c1(2-4-8-10-6-12-16-17-13-6)3-5-9-11-7-14-18-19-15-7/h4-5H,1-3H2,(H2,10,12,13,16,17)(H2,11,14,15,18,19)/b8-4+,9-5+. The summed E-state index contributed by atoms with van der Waals surface area (Å²) in [4.78, 5) is 0. The van der Waals surface area contributed by atoms with Crippen LogP contribution in [0.2, 0.25) is 0 Å². The van der Waals surface area contributed by atoms with Crippen LogP contribution in [0.5, 0.6) is 0 Å². The highest BCUT2D eigenvalue weighted by Crippen LogP contribution is 1.93. The number of H-pyrrole nitrogens is 2. The summed E-state index contributed by atoms with van der Waals surface area (Å²) in [6.07, 6.45) is 5.99. The Morgan fingerprint density at radius 2 is 1.42 bits per heavy atom. The molecule has 0 unspecified atom stereocenters. The van der Waals surface area contributed by atoms with E-state index >= 15 is 0 Å². The van der Waals surface area contributed by atoms with Crippen molar-refractivity contribution in [3.8, 4) is 0 Å². The monoisotopic (exact) mass is 264 g/mol. The molecule has 0 aliphatic heterocycles. The molecule has 12 nitrogen and oxygen atoms in total. The summed E-state index contributed by atoms with van der Waals surface area (Å²) < 4.78 is 0. The molecule has 0 fully saturated rings. The van der Waals surface area contributed by atoms with Gasteiger partial charge in [0, 0.05) is 12.4 Å². The number of aromatic amines is 2. The number of anilines is 2. The van der Waals surface area contributed by atoms with Gasteiger partial charge >= 0.3 is 0 Å². The molecule has 0 aliphatic rings. The van der Waals surface area contributed by atoms with Crippen molar-refractivity contribution in [3.63, 3.8) is 0 Å². The van der Waals surface area contributed by atoms with E-state index in [0.717, 1.165) is 19.3 Å². The lowest BCUT2D eigenvalue weighted by molar-refractivity contribution is 0.881. The minimum absolute atomic E-state index is 0.335. The Morgan fingerprint density at radius 3 is 1.84 bits per heavy atom. The van der Waals surface area contributed by atoms with E-state index in [9.17, 15) is 0 Å². The van der Waals surface area contributed by atoms with Gasteiger partial charge in [0.15, 0.2) is 0 Å². The highest BCUT2D eigenvalue weighted by atomic mass is 15.5. The molecule has 0 spiro atoms. The summed E-state index contributed by atoms with van der Waals surface area (Å²) in [5.41, 5.74) is 5.25.